The predicted molar refractivity (Wildman–Crippen MR) is 86.7 cm³/mol. The van der Waals surface area contributed by atoms with Gasteiger partial charge in [0.25, 0.3) is 0 Å². The van der Waals surface area contributed by atoms with Gasteiger partial charge in [0.05, 0.1) is 5.69 Å². The van der Waals surface area contributed by atoms with Gasteiger partial charge < -0.3 is 19.5 Å². The van der Waals surface area contributed by atoms with E-state index in [0.717, 1.165) is 18.4 Å². The van der Waals surface area contributed by atoms with E-state index >= 15 is 0 Å². The van der Waals surface area contributed by atoms with Gasteiger partial charge in [-0.05, 0) is 44.2 Å². The summed E-state index contributed by atoms with van der Waals surface area (Å²) < 4.78 is 10.2. The van der Waals surface area contributed by atoms with Gasteiger partial charge in [0.15, 0.2) is 0 Å². The first-order chi connectivity index (χ1) is 11.6. The van der Waals surface area contributed by atoms with Crippen molar-refractivity contribution in [2.45, 2.75) is 51.1 Å². The first kappa shape index (κ1) is 17.2. The number of amides is 2. The average molecular weight is 356 g/mol. The quantitative estimate of drug-likeness (QED) is 0.864. The molecule has 1 aromatic rings. The maximum Gasteiger partial charge on any atom is 0.245 e. The van der Waals surface area contributed by atoms with Crippen molar-refractivity contribution >= 4 is 23.4 Å². The molecule has 1 aromatic heterocycles. The van der Waals surface area contributed by atoms with Crippen LogP contribution in [0.1, 0.15) is 36.9 Å². The number of carbonyl (C=O) groups is 2. The number of ether oxygens (including phenoxy) is 1. The lowest BCUT2D eigenvalue weighted by Gasteiger charge is -2.31. The fourth-order valence-corrected chi connectivity index (χ4v) is 3.61. The molecule has 1 unspecified atom stereocenters. The molecule has 7 nitrogen and oxygen atoms in total. The second-order valence-corrected chi connectivity index (χ2v) is 6.65. The van der Waals surface area contributed by atoms with Gasteiger partial charge in [-0.3, -0.25) is 9.59 Å². The summed E-state index contributed by atoms with van der Waals surface area (Å²) >= 11 is 5.90. The van der Waals surface area contributed by atoms with E-state index < -0.39 is 6.04 Å². The molecule has 24 heavy (non-hydrogen) atoms. The molecule has 132 valence electrons. The number of aryl methyl sites for hydroxylation is 1. The van der Waals surface area contributed by atoms with Crippen molar-refractivity contribution in [3.8, 4) is 0 Å². The molecule has 3 rings (SSSR count). The van der Waals surface area contributed by atoms with E-state index in [4.69, 9.17) is 20.9 Å². The molecular formula is C16H22ClN3O4. The summed E-state index contributed by atoms with van der Waals surface area (Å²) in [5.74, 6) is -0.131. The molecule has 2 amide bonds. The number of hydrogen-bond acceptors (Lipinski definition) is 5. The second kappa shape index (κ2) is 7.53. The Morgan fingerprint density at radius 1 is 1.38 bits per heavy atom. The van der Waals surface area contributed by atoms with Gasteiger partial charge in [-0.1, -0.05) is 5.16 Å². The van der Waals surface area contributed by atoms with E-state index in [2.05, 4.69) is 10.5 Å². The lowest BCUT2D eigenvalue weighted by Crippen LogP contribution is -2.46. The molecule has 2 saturated heterocycles. The number of carbonyl (C=O) groups excluding carboxylic acids is 2. The van der Waals surface area contributed by atoms with Crippen LogP contribution in [0.3, 0.4) is 0 Å². The number of aromatic nitrogens is 1. The van der Waals surface area contributed by atoms with Crippen molar-refractivity contribution in [2.24, 2.45) is 0 Å². The summed E-state index contributed by atoms with van der Waals surface area (Å²) in [6.45, 7) is 3.88. The van der Waals surface area contributed by atoms with Gasteiger partial charge in [0.1, 0.15) is 6.04 Å². The SMILES string of the molecule is Cc1noc(Cl)c1CCC(=O)NC1CCN(C2CCOCC2)C1=O. The van der Waals surface area contributed by atoms with Crippen LogP contribution >= 0.6 is 11.6 Å². The van der Waals surface area contributed by atoms with Crippen LogP contribution in [0, 0.1) is 6.92 Å². The molecule has 0 aliphatic carbocycles. The Hall–Kier alpha value is -1.60. The molecule has 2 aliphatic heterocycles. The minimum Gasteiger partial charge on any atom is -0.381 e. The Bertz CT molecular complexity index is 593. The first-order valence-corrected chi connectivity index (χ1v) is 8.72. The molecule has 0 bridgehead atoms. The van der Waals surface area contributed by atoms with E-state index in [9.17, 15) is 9.59 Å². The van der Waals surface area contributed by atoms with Gasteiger partial charge in [-0.2, -0.15) is 0 Å². The van der Waals surface area contributed by atoms with Gasteiger partial charge >= 0.3 is 0 Å². The maximum absolute atomic E-state index is 12.5. The molecule has 3 heterocycles. The third-order valence-corrected chi connectivity index (χ3v) is 5.04. The number of nitrogens with zero attached hydrogens (tertiary/aromatic N) is 2. The van der Waals surface area contributed by atoms with E-state index in [-0.39, 0.29) is 29.5 Å². The minimum atomic E-state index is -0.417. The van der Waals surface area contributed by atoms with E-state index in [1.165, 1.54) is 0 Å². The van der Waals surface area contributed by atoms with Crippen molar-refractivity contribution in [1.29, 1.82) is 0 Å². The van der Waals surface area contributed by atoms with Gasteiger partial charge in [-0.25, -0.2) is 0 Å². The molecule has 1 atom stereocenters. The van der Waals surface area contributed by atoms with E-state index in [0.29, 0.717) is 38.3 Å². The summed E-state index contributed by atoms with van der Waals surface area (Å²) in [6.07, 6.45) is 3.11. The van der Waals surface area contributed by atoms with Crippen molar-refractivity contribution in [2.75, 3.05) is 19.8 Å². The van der Waals surface area contributed by atoms with Gasteiger partial charge in [0, 0.05) is 37.8 Å². The molecule has 8 heteroatoms. The monoisotopic (exact) mass is 355 g/mol. The third kappa shape index (κ3) is 3.72. The van der Waals surface area contributed by atoms with Crippen LogP contribution < -0.4 is 5.32 Å². The fraction of sp³-hybridized carbons (Fsp3) is 0.688. The highest BCUT2D eigenvalue weighted by Gasteiger charge is 2.37. The van der Waals surface area contributed by atoms with Gasteiger partial charge in [-0.15, -0.1) is 0 Å². The molecule has 2 fully saturated rings. The summed E-state index contributed by atoms with van der Waals surface area (Å²) in [6, 6.07) is -0.175. The highest BCUT2D eigenvalue weighted by Crippen LogP contribution is 2.22. The van der Waals surface area contributed by atoms with Crippen molar-refractivity contribution in [3.05, 3.63) is 16.5 Å². The standard InChI is InChI=1S/C16H22ClN3O4/c1-10-12(15(17)24-19-10)2-3-14(21)18-13-4-7-20(16(13)22)11-5-8-23-9-6-11/h11,13H,2-9H2,1H3,(H,18,21). The van der Waals surface area contributed by atoms with Crippen LogP contribution in [0.25, 0.3) is 0 Å². The van der Waals surface area contributed by atoms with Gasteiger partial charge in [0.2, 0.25) is 17.0 Å². The highest BCUT2D eigenvalue weighted by atomic mass is 35.5. The Kier molecular flexibility index (Phi) is 5.40. The van der Waals surface area contributed by atoms with Crippen molar-refractivity contribution < 1.29 is 18.8 Å². The number of rotatable bonds is 5. The van der Waals surface area contributed by atoms with Crippen LogP contribution in [-0.2, 0) is 20.7 Å². The number of nitrogens with one attached hydrogen (secondary N) is 1. The zero-order valence-electron chi connectivity index (χ0n) is 13.7. The molecule has 1 N–H and O–H groups in total. The Morgan fingerprint density at radius 2 is 2.12 bits per heavy atom. The minimum absolute atomic E-state index is 0.0226. The summed E-state index contributed by atoms with van der Waals surface area (Å²) in [5, 5.41) is 6.83. The predicted octanol–water partition coefficient (Wildman–Crippen LogP) is 1.47. The molecular weight excluding hydrogens is 334 g/mol. The third-order valence-electron chi connectivity index (χ3n) is 4.75. The number of hydrogen-bond donors (Lipinski definition) is 1. The largest absolute Gasteiger partial charge is 0.381 e. The average Bonchev–Trinajstić information content (AvgIpc) is 3.10. The van der Waals surface area contributed by atoms with Crippen LogP contribution in [0.2, 0.25) is 5.22 Å². The molecule has 2 aliphatic rings. The number of halogens is 1. The van der Waals surface area contributed by atoms with Crippen LogP contribution in [0.15, 0.2) is 4.52 Å². The lowest BCUT2D eigenvalue weighted by atomic mass is 10.1. The van der Waals surface area contributed by atoms with Crippen molar-refractivity contribution in [1.82, 2.24) is 15.4 Å². The topological polar surface area (TPSA) is 84.7 Å². The van der Waals surface area contributed by atoms with E-state index in [1.54, 1.807) is 6.92 Å². The highest BCUT2D eigenvalue weighted by molar-refractivity contribution is 6.29. The Balaban J connectivity index is 1.49. The molecule has 0 saturated carbocycles. The van der Waals surface area contributed by atoms with Crippen LogP contribution in [0.5, 0.6) is 0 Å². The Morgan fingerprint density at radius 3 is 2.79 bits per heavy atom. The van der Waals surface area contributed by atoms with E-state index in [1.807, 2.05) is 4.90 Å². The Labute approximate surface area is 145 Å². The molecule has 0 radical (unpaired) electrons. The zero-order valence-corrected chi connectivity index (χ0v) is 14.5. The van der Waals surface area contributed by atoms with Crippen LogP contribution in [0.4, 0.5) is 0 Å². The van der Waals surface area contributed by atoms with Crippen LogP contribution in [-0.4, -0.2) is 53.7 Å². The normalized spacial score (nSPS) is 22.2. The molecule has 0 spiro atoms. The van der Waals surface area contributed by atoms with Crippen molar-refractivity contribution in [3.63, 3.8) is 0 Å². The second-order valence-electron chi connectivity index (χ2n) is 6.30. The molecule has 0 aromatic carbocycles. The number of likely N-dealkylation sites (tertiary alicyclic amines) is 1. The first-order valence-electron chi connectivity index (χ1n) is 8.34. The lowest BCUT2D eigenvalue weighted by molar-refractivity contribution is -0.135. The summed E-state index contributed by atoms with van der Waals surface area (Å²) in [4.78, 5) is 26.6. The maximum atomic E-state index is 12.5. The zero-order chi connectivity index (χ0) is 17.1. The summed E-state index contributed by atoms with van der Waals surface area (Å²) in [5.41, 5.74) is 1.43. The fourth-order valence-electron chi connectivity index (χ4n) is 3.34. The summed E-state index contributed by atoms with van der Waals surface area (Å²) in [7, 11) is 0. The smallest absolute Gasteiger partial charge is 0.245 e.